The monoisotopic (exact) mass is 275 g/mol. The van der Waals surface area contributed by atoms with Gasteiger partial charge in [0.25, 0.3) is 0 Å². The van der Waals surface area contributed by atoms with Crippen LogP contribution in [0.25, 0.3) is 0 Å². The maximum Gasteiger partial charge on any atom is 0.371 e. The second kappa shape index (κ2) is 6.01. The van der Waals surface area contributed by atoms with Gasteiger partial charge < -0.3 is 14.4 Å². The summed E-state index contributed by atoms with van der Waals surface area (Å²) in [5.41, 5.74) is 0. The van der Waals surface area contributed by atoms with Gasteiger partial charge in [-0.2, -0.15) is 0 Å². The third-order valence-electron chi connectivity index (χ3n) is 2.67. The largest absolute Gasteiger partial charge is 0.475 e. The molecule has 0 fully saturated rings. The van der Waals surface area contributed by atoms with Crippen molar-refractivity contribution in [3.63, 3.8) is 0 Å². The van der Waals surface area contributed by atoms with E-state index < -0.39 is 15.8 Å². The van der Waals surface area contributed by atoms with Crippen molar-refractivity contribution >= 4 is 15.8 Å². The Hall–Kier alpha value is -1.34. The van der Waals surface area contributed by atoms with Gasteiger partial charge in [0.05, 0.1) is 5.75 Å². The highest BCUT2D eigenvalue weighted by Gasteiger charge is 2.21. The molecule has 0 atom stereocenters. The Bertz CT molecular complexity index is 501. The van der Waals surface area contributed by atoms with Crippen molar-refractivity contribution in [3.05, 3.63) is 17.9 Å². The van der Waals surface area contributed by atoms with Gasteiger partial charge in [-0.1, -0.05) is 13.8 Å². The first-order valence-electron chi connectivity index (χ1n) is 5.69. The van der Waals surface area contributed by atoms with Crippen LogP contribution in [0.4, 0.5) is 0 Å². The lowest BCUT2D eigenvalue weighted by Gasteiger charge is -2.16. The second-order valence-corrected chi connectivity index (χ2v) is 5.81. The lowest BCUT2D eigenvalue weighted by molar-refractivity contribution is 0.0656. The minimum atomic E-state index is -3.56. The van der Waals surface area contributed by atoms with E-state index in [0.717, 1.165) is 19.2 Å². The van der Waals surface area contributed by atoms with Crippen LogP contribution in [-0.4, -0.2) is 49.8 Å². The fourth-order valence-corrected chi connectivity index (χ4v) is 2.68. The van der Waals surface area contributed by atoms with Gasteiger partial charge in [0.15, 0.2) is 0 Å². The number of hydrogen-bond donors (Lipinski definition) is 1. The molecule has 1 aromatic heterocycles. The van der Waals surface area contributed by atoms with E-state index in [-0.39, 0.29) is 16.6 Å². The van der Waals surface area contributed by atoms with Crippen LogP contribution in [0.3, 0.4) is 0 Å². The molecular weight excluding hydrogens is 258 g/mol. The number of carboxylic acids is 1. The van der Waals surface area contributed by atoms with Crippen molar-refractivity contribution < 1.29 is 22.7 Å². The van der Waals surface area contributed by atoms with E-state index in [9.17, 15) is 13.2 Å². The van der Waals surface area contributed by atoms with Crippen LogP contribution >= 0.6 is 0 Å². The number of aromatic carboxylic acids is 1. The van der Waals surface area contributed by atoms with Gasteiger partial charge in [-0.05, 0) is 25.2 Å². The average Bonchev–Trinajstić information content (AvgIpc) is 2.80. The van der Waals surface area contributed by atoms with Gasteiger partial charge in [0, 0.05) is 6.54 Å². The van der Waals surface area contributed by atoms with E-state index in [2.05, 4.69) is 0 Å². The van der Waals surface area contributed by atoms with Gasteiger partial charge >= 0.3 is 5.97 Å². The fraction of sp³-hybridized carbons (Fsp3) is 0.545. The Morgan fingerprint density at radius 3 is 2.39 bits per heavy atom. The Morgan fingerprint density at radius 1 is 1.33 bits per heavy atom. The summed E-state index contributed by atoms with van der Waals surface area (Å²) in [5, 5.41) is 8.38. The number of furan rings is 1. The molecule has 0 aliphatic rings. The molecule has 0 saturated heterocycles. The predicted octanol–water partition coefficient (Wildman–Crippen LogP) is 1.09. The van der Waals surface area contributed by atoms with Crippen molar-refractivity contribution in [3.8, 4) is 0 Å². The molecular formula is C11H17NO5S. The normalized spacial score (nSPS) is 11.9. The molecule has 0 bridgehead atoms. The number of nitrogens with zero attached hydrogens (tertiary/aromatic N) is 1. The summed E-state index contributed by atoms with van der Waals surface area (Å²) in [4.78, 5) is 12.6. The number of rotatable bonds is 7. The number of hydrogen-bond acceptors (Lipinski definition) is 5. The average molecular weight is 275 g/mol. The molecule has 6 nitrogen and oxygen atoms in total. The van der Waals surface area contributed by atoms with Crippen molar-refractivity contribution in [2.24, 2.45) is 0 Å². The Labute approximate surface area is 106 Å². The molecule has 0 unspecified atom stereocenters. The van der Waals surface area contributed by atoms with Crippen molar-refractivity contribution in [1.82, 2.24) is 4.90 Å². The molecule has 18 heavy (non-hydrogen) atoms. The van der Waals surface area contributed by atoms with Crippen LogP contribution < -0.4 is 0 Å². The number of carbonyl (C=O) groups is 1. The summed E-state index contributed by atoms with van der Waals surface area (Å²) in [7, 11) is -3.56. The number of sulfone groups is 1. The molecule has 7 heteroatoms. The molecule has 0 amide bonds. The molecule has 0 radical (unpaired) electrons. The SMILES string of the molecule is CCN(CC)CCS(=O)(=O)c1ccc(C(=O)O)o1. The summed E-state index contributed by atoms with van der Waals surface area (Å²) in [6.07, 6.45) is 0. The lowest BCUT2D eigenvalue weighted by atomic mass is 10.5. The molecule has 0 aliphatic heterocycles. The molecule has 1 rings (SSSR count). The highest BCUT2D eigenvalue weighted by atomic mass is 32.2. The zero-order valence-electron chi connectivity index (χ0n) is 10.4. The molecule has 0 aromatic carbocycles. The van der Waals surface area contributed by atoms with Crippen molar-refractivity contribution in [2.75, 3.05) is 25.4 Å². The first-order chi connectivity index (χ1) is 8.40. The van der Waals surface area contributed by atoms with Crippen LogP contribution in [0.2, 0.25) is 0 Å². The Kier molecular flexibility index (Phi) is 4.92. The van der Waals surface area contributed by atoms with E-state index in [4.69, 9.17) is 9.52 Å². The predicted molar refractivity (Wildman–Crippen MR) is 65.5 cm³/mol. The maximum absolute atomic E-state index is 11.9. The van der Waals surface area contributed by atoms with Gasteiger partial charge in [0.2, 0.25) is 20.7 Å². The summed E-state index contributed by atoms with van der Waals surface area (Å²) < 4.78 is 28.6. The summed E-state index contributed by atoms with van der Waals surface area (Å²) in [5.74, 6) is -1.72. The highest BCUT2D eigenvalue weighted by Crippen LogP contribution is 2.15. The molecule has 1 aromatic rings. The standard InChI is InChI=1S/C11H17NO5S/c1-3-12(4-2)7-8-18(15,16)10-6-5-9(17-10)11(13)14/h5-6H,3-4,7-8H2,1-2H3,(H,13,14). The van der Waals surface area contributed by atoms with E-state index in [0.29, 0.717) is 6.54 Å². The molecule has 0 spiro atoms. The Balaban J connectivity index is 2.76. The second-order valence-electron chi connectivity index (χ2n) is 3.77. The van der Waals surface area contributed by atoms with Crippen LogP contribution in [0.5, 0.6) is 0 Å². The summed E-state index contributed by atoms with van der Waals surface area (Å²) >= 11 is 0. The Morgan fingerprint density at radius 2 is 1.94 bits per heavy atom. The smallest absolute Gasteiger partial charge is 0.371 e. The number of carboxylic acid groups (broad SMARTS) is 1. The van der Waals surface area contributed by atoms with Crippen molar-refractivity contribution in [1.29, 1.82) is 0 Å². The van der Waals surface area contributed by atoms with Crippen LogP contribution in [0, 0.1) is 0 Å². The first kappa shape index (κ1) is 14.7. The van der Waals surface area contributed by atoms with E-state index in [1.807, 2.05) is 18.7 Å². The highest BCUT2D eigenvalue weighted by molar-refractivity contribution is 7.91. The third-order valence-corrected chi connectivity index (χ3v) is 4.22. The van der Waals surface area contributed by atoms with Crippen LogP contribution in [0.15, 0.2) is 21.6 Å². The zero-order chi connectivity index (χ0) is 13.8. The molecule has 0 saturated carbocycles. The minimum absolute atomic E-state index is 0.0821. The molecule has 102 valence electrons. The lowest BCUT2D eigenvalue weighted by Crippen LogP contribution is -2.29. The van der Waals surface area contributed by atoms with Gasteiger partial charge in [-0.15, -0.1) is 0 Å². The third kappa shape index (κ3) is 3.58. The fourth-order valence-electron chi connectivity index (χ4n) is 1.49. The topological polar surface area (TPSA) is 87.8 Å². The molecule has 0 aliphatic carbocycles. The molecule has 1 heterocycles. The first-order valence-corrected chi connectivity index (χ1v) is 7.34. The minimum Gasteiger partial charge on any atom is -0.475 e. The van der Waals surface area contributed by atoms with Crippen LogP contribution in [0.1, 0.15) is 24.4 Å². The van der Waals surface area contributed by atoms with Gasteiger partial charge in [-0.3, -0.25) is 0 Å². The van der Waals surface area contributed by atoms with E-state index in [1.54, 1.807) is 0 Å². The zero-order valence-corrected chi connectivity index (χ0v) is 11.2. The van der Waals surface area contributed by atoms with Gasteiger partial charge in [-0.25, -0.2) is 13.2 Å². The van der Waals surface area contributed by atoms with E-state index in [1.165, 1.54) is 6.07 Å². The quantitative estimate of drug-likeness (QED) is 0.801. The van der Waals surface area contributed by atoms with Crippen LogP contribution in [-0.2, 0) is 9.84 Å². The molecule has 1 N–H and O–H groups in total. The maximum atomic E-state index is 11.9. The summed E-state index contributed by atoms with van der Waals surface area (Å²) in [6, 6.07) is 2.33. The van der Waals surface area contributed by atoms with E-state index >= 15 is 0 Å². The van der Waals surface area contributed by atoms with Crippen molar-refractivity contribution in [2.45, 2.75) is 18.9 Å². The van der Waals surface area contributed by atoms with Gasteiger partial charge in [0.1, 0.15) is 0 Å². The summed E-state index contributed by atoms with van der Waals surface area (Å²) in [6.45, 7) is 5.84.